The zero-order valence-electron chi connectivity index (χ0n) is 25.0. The number of unbranched alkanes of at least 4 members (excludes halogenated alkanes) is 16. The Bertz CT molecular complexity index is 565. The molecule has 0 aliphatic rings. The summed E-state index contributed by atoms with van der Waals surface area (Å²) in [6, 6.07) is 0. The molecule has 0 aromatic heterocycles. The van der Waals surface area contributed by atoms with Gasteiger partial charge in [0.05, 0.1) is 6.61 Å². The number of rotatable bonds is 27. The van der Waals surface area contributed by atoms with E-state index in [-0.39, 0.29) is 25.4 Å². The lowest BCUT2D eigenvalue weighted by Crippen LogP contribution is -2.21. The van der Waals surface area contributed by atoms with E-state index in [0.717, 1.165) is 44.4 Å². The summed E-state index contributed by atoms with van der Waals surface area (Å²) in [5.74, 6) is -1.42. The summed E-state index contributed by atoms with van der Waals surface area (Å²) in [6.07, 6.45) is 21.4. The highest BCUT2D eigenvalue weighted by atomic mass is 16.5. The molecule has 0 bridgehead atoms. The van der Waals surface area contributed by atoms with Crippen LogP contribution in [0.5, 0.6) is 0 Å². The predicted molar refractivity (Wildman–Crippen MR) is 150 cm³/mol. The minimum atomic E-state index is -1.01. The Hall–Kier alpha value is -1.67. The van der Waals surface area contributed by atoms with Crippen molar-refractivity contribution in [3.8, 4) is 0 Å². The van der Waals surface area contributed by atoms with E-state index in [4.69, 9.17) is 14.9 Å². The standard InChI is InChI=1S/C18H36O2.C13H24O6/c1-17(2)15-13-11-9-7-5-3-4-6-8-10-12-14-16-18(19)20;14-9-11(15)10-19-13(18)8-6-4-2-1-3-5-7-12(16)17/h17H,3-16H2,1-2H3,(H,19,20);11,14-15H,1-10H2,(H,16,17)/p-2. The second-order valence-corrected chi connectivity index (χ2v) is 11.1. The normalized spacial score (nSPS) is 11.6. The molecule has 2 N–H and O–H groups in total. The van der Waals surface area contributed by atoms with Gasteiger partial charge in [0.25, 0.3) is 0 Å². The van der Waals surface area contributed by atoms with E-state index in [1.807, 2.05) is 0 Å². The number of ether oxygens (including phenoxy) is 1. The van der Waals surface area contributed by atoms with Gasteiger partial charge < -0.3 is 34.8 Å². The summed E-state index contributed by atoms with van der Waals surface area (Å²) in [7, 11) is 0. The molecule has 0 fully saturated rings. The number of carbonyl (C=O) groups is 3. The maximum absolute atomic E-state index is 11.2. The largest absolute Gasteiger partial charge is 0.550 e. The molecule has 0 saturated heterocycles. The van der Waals surface area contributed by atoms with Gasteiger partial charge in [-0.2, -0.15) is 0 Å². The van der Waals surface area contributed by atoms with Crippen LogP contribution in [0.2, 0.25) is 0 Å². The fourth-order valence-corrected chi connectivity index (χ4v) is 4.15. The first kappa shape index (κ1) is 39.5. The van der Waals surface area contributed by atoms with Crippen molar-refractivity contribution in [1.29, 1.82) is 0 Å². The zero-order chi connectivity index (χ0) is 29.6. The summed E-state index contributed by atoms with van der Waals surface area (Å²) in [6.45, 7) is 4.02. The van der Waals surface area contributed by atoms with Crippen molar-refractivity contribution in [3.63, 3.8) is 0 Å². The first-order chi connectivity index (χ1) is 18.7. The van der Waals surface area contributed by atoms with E-state index in [1.54, 1.807) is 0 Å². The van der Waals surface area contributed by atoms with Gasteiger partial charge in [-0.15, -0.1) is 0 Å². The maximum atomic E-state index is 11.2. The molecule has 8 heteroatoms. The van der Waals surface area contributed by atoms with Crippen molar-refractivity contribution in [2.24, 2.45) is 5.92 Å². The number of hydrogen-bond acceptors (Lipinski definition) is 8. The van der Waals surface area contributed by atoms with E-state index in [1.165, 1.54) is 70.6 Å². The third-order valence-electron chi connectivity index (χ3n) is 6.57. The Kier molecular flexibility index (Phi) is 31.2. The van der Waals surface area contributed by atoms with Crippen molar-refractivity contribution < 1.29 is 39.5 Å². The molecular formula is C31H58O8-2. The third kappa shape index (κ3) is 38.5. The number of esters is 1. The lowest BCUT2D eigenvalue weighted by atomic mass is 10.0. The Morgan fingerprint density at radius 2 is 0.923 bits per heavy atom. The van der Waals surface area contributed by atoms with Crippen molar-refractivity contribution in [2.45, 2.75) is 161 Å². The highest BCUT2D eigenvalue weighted by molar-refractivity contribution is 5.69. The van der Waals surface area contributed by atoms with Crippen molar-refractivity contribution >= 4 is 17.9 Å². The molecule has 0 aliphatic carbocycles. The van der Waals surface area contributed by atoms with Gasteiger partial charge in [0.2, 0.25) is 0 Å². The first-order valence-corrected chi connectivity index (χ1v) is 15.5. The molecule has 39 heavy (non-hydrogen) atoms. The van der Waals surface area contributed by atoms with Crippen LogP contribution in [0.1, 0.15) is 155 Å². The van der Waals surface area contributed by atoms with Gasteiger partial charge in [0.1, 0.15) is 12.7 Å². The van der Waals surface area contributed by atoms with Crippen LogP contribution in [-0.4, -0.2) is 47.4 Å². The fraction of sp³-hybridized carbons (Fsp3) is 0.903. The monoisotopic (exact) mass is 558 g/mol. The van der Waals surface area contributed by atoms with Gasteiger partial charge in [0, 0.05) is 18.4 Å². The number of aliphatic carboxylic acids is 2. The Balaban J connectivity index is 0. The van der Waals surface area contributed by atoms with E-state index >= 15 is 0 Å². The van der Waals surface area contributed by atoms with Crippen LogP contribution in [0.25, 0.3) is 0 Å². The van der Waals surface area contributed by atoms with Crippen molar-refractivity contribution in [3.05, 3.63) is 0 Å². The first-order valence-electron chi connectivity index (χ1n) is 15.5. The number of hydrogen-bond donors (Lipinski definition) is 2. The average Bonchev–Trinajstić information content (AvgIpc) is 2.88. The van der Waals surface area contributed by atoms with Gasteiger partial charge in [-0.25, -0.2) is 0 Å². The van der Waals surface area contributed by atoms with Gasteiger partial charge in [0.15, 0.2) is 0 Å². The highest BCUT2D eigenvalue weighted by Gasteiger charge is 2.07. The molecule has 232 valence electrons. The van der Waals surface area contributed by atoms with Crippen LogP contribution >= 0.6 is 0 Å². The second-order valence-electron chi connectivity index (χ2n) is 11.1. The van der Waals surface area contributed by atoms with Gasteiger partial charge in [-0.1, -0.05) is 117 Å². The zero-order valence-corrected chi connectivity index (χ0v) is 25.0. The average molecular weight is 559 g/mol. The number of carbonyl (C=O) groups excluding carboxylic acids is 3. The van der Waals surface area contributed by atoms with E-state index in [9.17, 15) is 24.6 Å². The molecule has 1 unspecified atom stereocenters. The summed E-state index contributed by atoms with van der Waals surface area (Å²) in [5.41, 5.74) is 0. The second kappa shape index (κ2) is 30.9. The van der Waals surface area contributed by atoms with Crippen LogP contribution in [0.4, 0.5) is 0 Å². The molecule has 1 atom stereocenters. The summed E-state index contributed by atoms with van der Waals surface area (Å²) in [5, 5.41) is 37.8. The fourth-order valence-electron chi connectivity index (χ4n) is 4.15. The van der Waals surface area contributed by atoms with E-state index in [0.29, 0.717) is 19.3 Å². The molecule has 0 saturated carbocycles. The number of carboxylic acids is 2. The topological polar surface area (TPSA) is 147 Å². The number of aliphatic hydroxyl groups is 2. The van der Waals surface area contributed by atoms with Crippen LogP contribution in [-0.2, 0) is 19.1 Å². The lowest BCUT2D eigenvalue weighted by Gasteiger charge is -2.08. The summed E-state index contributed by atoms with van der Waals surface area (Å²) < 4.78 is 4.75. The van der Waals surface area contributed by atoms with E-state index in [2.05, 4.69) is 13.8 Å². The van der Waals surface area contributed by atoms with Gasteiger partial charge >= 0.3 is 5.97 Å². The Morgan fingerprint density at radius 3 is 1.26 bits per heavy atom. The molecule has 0 aromatic carbocycles. The summed E-state index contributed by atoms with van der Waals surface area (Å²) in [4.78, 5) is 31.6. The molecule has 0 radical (unpaired) electrons. The maximum Gasteiger partial charge on any atom is 0.305 e. The lowest BCUT2D eigenvalue weighted by molar-refractivity contribution is -0.307. The molecule has 0 heterocycles. The molecule has 0 aromatic rings. The third-order valence-corrected chi connectivity index (χ3v) is 6.57. The molecule has 0 amide bonds. The van der Waals surface area contributed by atoms with Crippen LogP contribution < -0.4 is 10.2 Å². The molecule has 8 nitrogen and oxygen atoms in total. The highest BCUT2D eigenvalue weighted by Crippen LogP contribution is 2.14. The summed E-state index contributed by atoms with van der Waals surface area (Å²) >= 11 is 0. The number of aliphatic hydroxyl groups excluding tert-OH is 2. The molecule has 0 aliphatic heterocycles. The van der Waals surface area contributed by atoms with E-state index < -0.39 is 24.6 Å². The molecule has 0 rings (SSSR count). The SMILES string of the molecule is CC(C)CCCCCCCCCCCCCCC(=O)[O-].O=C([O-])CCCCCCCCC(=O)OCC(O)CO. The van der Waals surface area contributed by atoms with Gasteiger partial charge in [-0.3, -0.25) is 4.79 Å². The van der Waals surface area contributed by atoms with Crippen molar-refractivity contribution in [2.75, 3.05) is 13.2 Å². The Morgan fingerprint density at radius 1 is 0.590 bits per heavy atom. The molecule has 0 spiro atoms. The van der Waals surface area contributed by atoms with Crippen molar-refractivity contribution in [1.82, 2.24) is 0 Å². The Labute approximate surface area is 237 Å². The number of carboxylic acid groups (broad SMARTS) is 2. The van der Waals surface area contributed by atoms with Gasteiger partial charge in [-0.05, 0) is 38.0 Å². The quantitative estimate of drug-likeness (QED) is 0.110. The molecular weight excluding hydrogens is 500 g/mol. The predicted octanol–water partition coefficient (Wildman–Crippen LogP) is 4.61. The minimum absolute atomic E-state index is 0.111. The van der Waals surface area contributed by atoms with Crippen LogP contribution in [0.15, 0.2) is 0 Å². The van der Waals surface area contributed by atoms with Crippen LogP contribution in [0.3, 0.4) is 0 Å². The minimum Gasteiger partial charge on any atom is -0.550 e. The smallest absolute Gasteiger partial charge is 0.305 e. The van der Waals surface area contributed by atoms with Crippen LogP contribution in [0, 0.1) is 5.92 Å².